The fourth-order valence-corrected chi connectivity index (χ4v) is 3.53. The highest BCUT2D eigenvalue weighted by atomic mass is 35.5. The van der Waals surface area contributed by atoms with E-state index in [1.54, 1.807) is 7.05 Å². The summed E-state index contributed by atoms with van der Waals surface area (Å²) in [5.41, 5.74) is 0.951. The first-order chi connectivity index (χ1) is 10.8. The van der Waals surface area contributed by atoms with Gasteiger partial charge in [-0.05, 0) is 36.8 Å². The van der Waals surface area contributed by atoms with Gasteiger partial charge in [0.2, 0.25) is 5.91 Å². The lowest BCUT2D eigenvalue weighted by molar-refractivity contribution is -0.129. The van der Waals surface area contributed by atoms with Crippen LogP contribution in [0.15, 0.2) is 59.5 Å². The number of amides is 1. The van der Waals surface area contributed by atoms with Crippen molar-refractivity contribution >= 4 is 27.3 Å². The smallest absolute Gasteiger partial charge is 0.238 e. The molecule has 6 heteroatoms. The van der Waals surface area contributed by atoms with Crippen molar-refractivity contribution in [1.82, 2.24) is 4.90 Å². The van der Waals surface area contributed by atoms with E-state index in [4.69, 9.17) is 11.6 Å². The molecule has 0 aliphatic rings. The van der Waals surface area contributed by atoms with Crippen molar-refractivity contribution in [3.05, 3.63) is 65.2 Å². The molecule has 0 bridgehead atoms. The van der Waals surface area contributed by atoms with Crippen molar-refractivity contribution in [3.8, 4) is 0 Å². The molecule has 0 N–H and O–H groups in total. The summed E-state index contributed by atoms with van der Waals surface area (Å²) in [6.07, 6.45) is 0. The molecule has 0 radical (unpaired) electrons. The molecule has 23 heavy (non-hydrogen) atoms. The van der Waals surface area contributed by atoms with E-state index >= 15 is 0 Å². The maximum absolute atomic E-state index is 12.3. The lowest BCUT2D eigenvalue weighted by Gasteiger charge is -2.25. The molecule has 0 aliphatic carbocycles. The molecule has 122 valence electrons. The predicted octanol–water partition coefficient (Wildman–Crippen LogP) is 3.33. The molecule has 4 nitrogen and oxygen atoms in total. The van der Waals surface area contributed by atoms with Crippen molar-refractivity contribution in [2.75, 3.05) is 12.8 Å². The van der Waals surface area contributed by atoms with Gasteiger partial charge in [0.05, 0.1) is 10.9 Å². The van der Waals surface area contributed by atoms with Crippen LogP contribution < -0.4 is 0 Å². The van der Waals surface area contributed by atoms with Crippen LogP contribution in [0.5, 0.6) is 0 Å². The zero-order chi connectivity index (χ0) is 17.0. The third-order valence-electron chi connectivity index (χ3n) is 3.74. The Kier molecular flexibility index (Phi) is 5.44. The first kappa shape index (κ1) is 17.5. The number of benzene rings is 2. The molecule has 0 saturated carbocycles. The minimum atomic E-state index is -3.69. The van der Waals surface area contributed by atoms with E-state index in [0.717, 1.165) is 5.56 Å². The van der Waals surface area contributed by atoms with Gasteiger partial charge in [-0.1, -0.05) is 41.9 Å². The Morgan fingerprint density at radius 2 is 1.65 bits per heavy atom. The number of sulfone groups is 1. The van der Waals surface area contributed by atoms with Crippen LogP contribution in [0.2, 0.25) is 5.02 Å². The molecular formula is C17H18ClNO3S. The minimum Gasteiger partial charge on any atom is -0.338 e. The van der Waals surface area contributed by atoms with Gasteiger partial charge in [0.1, 0.15) is 5.75 Å². The quantitative estimate of drug-likeness (QED) is 0.830. The molecule has 0 aliphatic heterocycles. The highest BCUT2D eigenvalue weighted by Crippen LogP contribution is 2.20. The molecule has 0 spiro atoms. The van der Waals surface area contributed by atoms with Crippen molar-refractivity contribution in [2.45, 2.75) is 17.9 Å². The SMILES string of the molecule is CC(c1ccccc1)N(C)C(=O)CS(=O)(=O)c1ccc(Cl)cc1. The normalized spacial score (nSPS) is 12.7. The number of halogens is 1. The predicted molar refractivity (Wildman–Crippen MR) is 91.1 cm³/mol. The van der Waals surface area contributed by atoms with Crippen molar-refractivity contribution in [2.24, 2.45) is 0 Å². The second kappa shape index (κ2) is 7.15. The standard InChI is InChI=1S/C17H18ClNO3S/c1-13(14-6-4-3-5-7-14)19(2)17(20)12-23(21,22)16-10-8-15(18)9-11-16/h3-11,13H,12H2,1-2H3. The zero-order valence-electron chi connectivity index (χ0n) is 12.9. The Morgan fingerprint density at radius 3 is 2.22 bits per heavy atom. The second-order valence-electron chi connectivity index (χ2n) is 5.30. The average Bonchev–Trinajstić information content (AvgIpc) is 2.54. The van der Waals surface area contributed by atoms with Crippen molar-refractivity contribution in [3.63, 3.8) is 0 Å². The van der Waals surface area contributed by atoms with E-state index in [-0.39, 0.29) is 10.9 Å². The van der Waals surface area contributed by atoms with Gasteiger partial charge in [-0.2, -0.15) is 0 Å². The molecule has 0 fully saturated rings. The Morgan fingerprint density at radius 1 is 1.09 bits per heavy atom. The van der Waals surface area contributed by atoms with Gasteiger partial charge in [0.15, 0.2) is 9.84 Å². The number of nitrogens with zero attached hydrogens (tertiary/aromatic N) is 1. The first-order valence-electron chi connectivity index (χ1n) is 7.10. The van der Waals surface area contributed by atoms with Crippen LogP contribution in [0.25, 0.3) is 0 Å². The Labute approximate surface area is 141 Å². The van der Waals surface area contributed by atoms with Gasteiger partial charge in [0.25, 0.3) is 0 Å². The van der Waals surface area contributed by atoms with E-state index < -0.39 is 21.5 Å². The monoisotopic (exact) mass is 351 g/mol. The van der Waals surface area contributed by atoms with E-state index in [9.17, 15) is 13.2 Å². The highest BCUT2D eigenvalue weighted by Gasteiger charge is 2.24. The van der Waals surface area contributed by atoms with Crippen LogP contribution >= 0.6 is 11.6 Å². The topological polar surface area (TPSA) is 54.5 Å². The molecule has 1 atom stereocenters. The first-order valence-corrected chi connectivity index (χ1v) is 9.13. The van der Waals surface area contributed by atoms with Crippen molar-refractivity contribution < 1.29 is 13.2 Å². The number of rotatable bonds is 5. The lowest BCUT2D eigenvalue weighted by atomic mass is 10.1. The number of carbonyl (C=O) groups is 1. The Hall–Kier alpha value is -1.85. The largest absolute Gasteiger partial charge is 0.338 e. The second-order valence-corrected chi connectivity index (χ2v) is 7.73. The molecule has 0 heterocycles. The van der Waals surface area contributed by atoms with Crippen LogP contribution in [-0.2, 0) is 14.6 Å². The summed E-state index contributed by atoms with van der Waals surface area (Å²) in [4.78, 5) is 13.9. The highest BCUT2D eigenvalue weighted by molar-refractivity contribution is 7.92. The molecule has 0 aromatic heterocycles. The summed E-state index contributed by atoms with van der Waals surface area (Å²) in [5, 5.41) is 0.449. The van der Waals surface area contributed by atoms with E-state index in [0.29, 0.717) is 5.02 Å². The van der Waals surface area contributed by atoms with Gasteiger partial charge < -0.3 is 4.90 Å². The molecule has 1 amide bonds. The summed E-state index contributed by atoms with van der Waals surface area (Å²) in [6, 6.07) is 15.1. The summed E-state index contributed by atoms with van der Waals surface area (Å²) >= 11 is 5.76. The zero-order valence-corrected chi connectivity index (χ0v) is 14.5. The van der Waals surface area contributed by atoms with E-state index in [2.05, 4.69) is 0 Å². The number of hydrogen-bond acceptors (Lipinski definition) is 3. The van der Waals surface area contributed by atoms with E-state index in [1.807, 2.05) is 37.3 Å². The third-order valence-corrected chi connectivity index (χ3v) is 5.61. The molecule has 0 saturated heterocycles. The maximum Gasteiger partial charge on any atom is 0.238 e. The Balaban J connectivity index is 2.13. The summed E-state index contributed by atoms with van der Waals surface area (Å²) in [5.74, 6) is -1.02. The van der Waals surface area contributed by atoms with Crippen LogP contribution in [0.1, 0.15) is 18.5 Å². The minimum absolute atomic E-state index is 0.0935. The van der Waals surface area contributed by atoms with Crippen LogP contribution in [0, 0.1) is 0 Å². The average molecular weight is 352 g/mol. The Bertz CT molecular complexity index is 773. The van der Waals surface area contributed by atoms with Crippen LogP contribution in [0.4, 0.5) is 0 Å². The summed E-state index contributed by atoms with van der Waals surface area (Å²) < 4.78 is 24.7. The summed E-state index contributed by atoms with van der Waals surface area (Å²) in [7, 11) is -2.08. The van der Waals surface area contributed by atoms with Gasteiger partial charge in [0, 0.05) is 12.1 Å². The molecular weight excluding hydrogens is 334 g/mol. The fraction of sp³-hybridized carbons (Fsp3) is 0.235. The number of hydrogen-bond donors (Lipinski definition) is 0. The molecule has 2 aromatic rings. The van der Waals surface area contributed by atoms with Gasteiger partial charge in [-0.3, -0.25) is 4.79 Å². The van der Waals surface area contributed by atoms with Gasteiger partial charge in [-0.15, -0.1) is 0 Å². The van der Waals surface area contributed by atoms with Crippen molar-refractivity contribution in [1.29, 1.82) is 0 Å². The van der Waals surface area contributed by atoms with Crippen LogP contribution in [0.3, 0.4) is 0 Å². The van der Waals surface area contributed by atoms with Gasteiger partial charge in [-0.25, -0.2) is 8.42 Å². The fourth-order valence-electron chi connectivity index (χ4n) is 2.16. The number of carbonyl (C=O) groups excluding carboxylic acids is 1. The molecule has 2 rings (SSSR count). The summed E-state index contributed by atoms with van der Waals surface area (Å²) in [6.45, 7) is 1.86. The molecule has 2 aromatic carbocycles. The van der Waals surface area contributed by atoms with E-state index in [1.165, 1.54) is 29.2 Å². The maximum atomic E-state index is 12.3. The van der Waals surface area contributed by atoms with Gasteiger partial charge >= 0.3 is 0 Å². The third kappa shape index (κ3) is 4.33. The van der Waals surface area contributed by atoms with Crippen LogP contribution in [-0.4, -0.2) is 32.0 Å². The molecule has 1 unspecified atom stereocenters. The lowest BCUT2D eigenvalue weighted by Crippen LogP contribution is -2.34.